The minimum absolute atomic E-state index is 0.168. The Morgan fingerprint density at radius 1 is 1.31 bits per heavy atom. The molecule has 0 saturated carbocycles. The van der Waals surface area contributed by atoms with E-state index in [2.05, 4.69) is 12.2 Å². The Bertz CT molecular complexity index is 358. The average molecular weight is 218 g/mol. The van der Waals surface area contributed by atoms with Crippen LogP contribution in [-0.4, -0.2) is 17.8 Å². The maximum atomic E-state index is 8.98. The third-order valence-electron chi connectivity index (χ3n) is 2.84. The lowest BCUT2D eigenvalue weighted by molar-refractivity contribution is 0.225. The van der Waals surface area contributed by atoms with Gasteiger partial charge in [-0.2, -0.15) is 0 Å². The van der Waals surface area contributed by atoms with Gasteiger partial charge in [0, 0.05) is 6.61 Å². The molecule has 0 amide bonds. The molecule has 0 heterocycles. The summed E-state index contributed by atoms with van der Waals surface area (Å²) in [5.41, 5.74) is 1.09. The van der Waals surface area contributed by atoms with Gasteiger partial charge in [-0.1, -0.05) is 24.3 Å². The monoisotopic (exact) mass is 218 g/mol. The van der Waals surface area contributed by atoms with Crippen LogP contribution in [0.3, 0.4) is 0 Å². The zero-order valence-electron chi connectivity index (χ0n) is 9.43. The topological polar surface area (TPSA) is 29.5 Å². The van der Waals surface area contributed by atoms with E-state index < -0.39 is 0 Å². The van der Waals surface area contributed by atoms with Crippen molar-refractivity contribution in [3.63, 3.8) is 0 Å². The minimum Gasteiger partial charge on any atom is -0.486 e. The molecule has 1 aromatic rings. The molecule has 0 spiro atoms. The number of aliphatic hydroxyl groups is 1. The Labute approximate surface area is 96.6 Å². The third-order valence-corrected chi connectivity index (χ3v) is 2.84. The zero-order chi connectivity index (χ0) is 11.2. The van der Waals surface area contributed by atoms with Crippen molar-refractivity contribution < 1.29 is 9.84 Å². The lowest BCUT2D eigenvalue weighted by Crippen LogP contribution is -2.16. The van der Waals surface area contributed by atoms with Gasteiger partial charge in [-0.05, 0) is 43.4 Å². The van der Waals surface area contributed by atoms with Crippen molar-refractivity contribution in [3.05, 3.63) is 42.0 Å². The molecule has 1 aliphatic rings. The fourth-order valence-electron chi connectivity index (χ4n) is 1.99. The van der Waals surface area contributed by atoms with Gasteiger partial charge in [0.15, 0.2) is 0 Å². The highest BCUT2D eigenvalue weighted by molar-refractivity contribution is 5.34. The van der Waals surface area contributed by atoms with Gasteiger partial charge in [-0.25, -0.2) is 0 Å². The van der Waals surface area contributed by atoms with Gasteiger partial charge < -0.3 is 9.84 Å². The van der Waals surface area contributed by atoms with E-state index in [0.29, 0.717) is 6.42 Å². The van der Waals surface area contributed by atoms with E-state index in [1.165, 1.54) is 6.42 Å². The number of hydrogen-bond acceptors (Lipinski definition) is 2. The average Bonchev–Trinajstić information content (AvgIpc) is 2.33. The first-order chi connectivity index (χ1) is 7.90. The van der Waals surface area contributed by atoms with Gasteiger partial charge in [-0.15, -0.1) is 0 Å². The highest BCUT2D eigenvalue weighted by Gasteiger charge is 2.11. The van der Waals surface area contributed by atoms with Crippen LogP contribution < -0.4 is 4.74 Å². The molecular formula is C14H18O2. The molecule has 1 N–H and O–H groups in total. The highest BCUT2D eigenvalue weighted by Crippen LogP contribution is 2.23. The van der Waals surface area contributed by atoms with Crippen molar-refractivity contribution in [1.29, 1.82) is 0 Å². The summed E-state index contributed by atoms with van der Waals surface area (Å²) in [5.74, 6) is 0.910. The summed E-state index contributed by atoms with van der Waals surface area (Å²) in [7, 11) is 0. The lowest BCUT2D eigenvalue weighted by atomic mass is 10.0. The molecule has 2 rings (SSSR count). The van der Waals surface area contributed by atoms with E-state index >= 15 is 0 Å². The van der Waals surface area contributed by atoms with Gasteiger partial charge in [0.1, 0.15) is 11.9 Å². The molecule has 1 aliphatic carbocycles. The predicted octanol–water partition coefficient (Wildman–Crippen LogP) is 2.71. The number of para-hydroxylation sites is 1. The van der Waals surface area contributed by atoms with Crippen molar-refractivity contribution in [1.82, 2.24) is 0 Å². The Morgan fingerprint density at radius 3 is 2.94 bits per heavy atom. The number of hydrogen-bond donors (Lipinski definition) is 1. The van der Waals surface area contributed by atoms with E-state index in [0.717, 1.165) is 24.2 Å². The Balaban J connectivity index is 2.07. The summed E-state index contributed by atoms with van der Waals surface area (Å²) in [6.07, 6.45) is 8.63. The molecule has 2 nitrogen and oxygen atoms in total. The molecule has 0 saturated heterocycles. The molecule has 1 atom stereocenters. The minimum atomic E-state index is 0.168. The second-order valence-electron chi connectivity index (χ2n) is 4.10. The van der Waals surface area contributed by atoms with Crippen molar-refractivity contribution in [2.24, 2.45) is 0 Å². The number of rotatable bonds is 4. The lowest BCUT2D eigenvalue weighted by Gasteiger charge is -2.20. The third kappa shape index (κ3) is 2.86. The van der Waals surface area contributed by atoms with Crippen molar-refractivity contribution in [2.45, 2.75) is 31.8 Å². The normalized spacial score (nSPS) is 19.7. The van der Waals surface area contributed by atoms with Crippen molar-refractivity contribution in [2.75, 3.05) is 6.61 Å². The fraction of sp³-hybridized carbons (Fsp3) is 0.429. The van der Waals surface area contributed by atoms with E-state index in [9.17, 15) is 0 Å². The molecule has 0 aromatic heterocycles. The first kappa shape index (κ1) is 11.2. The van der Waals surface area contributed by atoms with E-state index in [4.69, 9.17) is 9.84 Å². The maximum Gasteiger partial charge on any atom is 0.123 e. The van der Waals surface area contributed by atoms with Crippen LogP contribution in [-0.2, 0) is 6.42 Å². The molecule has 0 fully saturated rings. The maximum absolute atomic E-state index is 8.98. The number of benzene rings is 1. The van der Waals surface area contributed by atoms with Crippen molar-refractivity contribution in [3.8, 4) is 5.75 Å². The van der Waals surface area contributed by atoms with E-state index in [1.807, 2.05) is 24.3 Å². The Hall–Kier alpha value is -1.28. The second-order valence-corrected chi connectivity index (χ2v) is 4.10. The molecule has 0 bridgehead atoms. The van der Waals surface area contributed by atoms with Crippen LogP contribution in [0, 0.1) is 0 Å². The molecule has 1 unspecified atom stereocenters. The molecule has 86 valence electrons. The first-order valence-corrected chi connectivity index (χ1v) is 5.92. The Morgan fingerprint density at radius 2 is 2.19 bits per heavy atom. The molecule has 0 aliphatic heterocycles. The summed E-state index contributed by atoms with van der Waals surface area (Å²) < 4.78 is 5.94. The number of aliphatic hydroxyl groups excluding tert-OH is 1. The quantitative estimate of drug-likeness (QED) is 0.787. The standard InChI is InChI=1S/C14H18O2/c15-11-10-12-6-4-5-9-14(12)16-13-7-2-1-3-8-13/h2,4-7,9,13,15H,1,3,8,10-11H2. The Kier molecular flexibility index (Phi) is 4.00. The van der Waals surface area contributed by atoms with Gasteiger partial charge >= 0.3 is 0 Å². The van der Waals surface area contributed by atoms with E-state index in [-0.39, 0.29) is 12.7 Å². The zero-order valence-corrected chi connectivity index (χ0v) is 9.43. The summed E-state index contributed by atoms with van der Waals surface area (Å²) in [6, 6.07) is 7.95. The van der Waals surface area contributed by atoms with Gasteiger partial charge in [0.25, 0.3) is 0 Å². The summed E-state index contributed by atoms with van der Waals surface area (Å²) in [6.45, 7) is 0.168. The molecule has 1 aromatic carbocycles. The van der Waals surface area contributed by atoms with Gasteiger partial charge in [-0.3, -0.25) is 0 Å². The fourth-order valence-corrected chi connectivity index (χ4v) is 1.99. The van der Waals surface area contributed by atoms with E-state index in [1.54, 1.807) is 0 Å². The SMILES string of the molecule is OCCc1ccccc1OC1C=CCCC1. The number of allylic oxidation sites excluding steroid dienone is 1. The summed E-state index contributed by atoms with van der Waals surface area (Å²) in [5, 5.41) is 8.98. The first-order valence-electron chi connectivity index (χ1n) is 5.92. The highest BCUT2D eigenvalue weighted by atomic mass is 16.5. The summed E-state index contributed by atoms with van der Waals surface area (Å²) >= 11 is 0. The number of ether oxygens (including phenoxy) is 1. The van der Waals surface area contributed by atoms with Crippen LogP contribution in [0.1, 0.15) is 24.8 Å². The van der Waals surface area contributed by atoms with Crippen LogP contribution in [0.5, 0.6) is 5.75 Å². The second kappa shape index (κ2) is 5.71. The predicted molar refractivity (Wildman–Crippen MR) is 64.6 cm³/mol. The van der Waals surface area contributed by atoms with Gasteiger partial charge in [0.2, 0.25) is 0 Å². The largest absolute Gasteiger partial charge is 0.486 e. The molecule has 0 radical (unpaired) electrons. The summed E-state index contributed by atoms with van der Waals surface area (Å²) in [4.78, 5) is 0. The molecular weight excluding hydrogens is 200 g/mol. The molecule has 2 heteroatoms. The van der Waals surface area contributed by atoms with Crippen LogP contribution in [0.2, 0.25) is 0 Å². The van der Waals surface area contributed by atoms with Crippen LogP contribution in [0.15, 0.2) is 36.4 Å². The van der Waals surface area contributed by atoms with Crippen LogP contribution in [0.25, 0.3) is 0 Å². The van der Waals surface area contributed by atoms with Crippen LogP contribution in [0.4, 0.5) is 0 Å². The molecule has 16 heavy (non-hydrogen) atoms. The van der Waals surface area contributed by atoms with Gasteiger partial charge in [0.05, 0.1) is 0 Å². The van der Waals surface area contributed by atoms with Crippen LogP contribution >= 0.6 is 0 Å². The smallest absolute Gasteiger partial charge is 0.123 e. The van der Waals surface area contributed by atoms with Crippen molar-refractivity contribution >= 4 is 0 Å².